The van der Waals surface area contributed by atoms with Gasteiger partial charge in [0.1, 0.15) is 12.2 Å². The fourth-order valence-electron chi connectivity index (χ4n) is 1.89. The van der Waals surface area contributed by atoms with Gasteiger partial charge in [0.05, 0.1) is 11.1 Å². The Bertz CT molecular complexity index is 393. The van der Waals surface area contributed by atoms with Gasteiger partial charge in [-0.05, 0) is 18.6 Å². The average Bonchev–Trinajstić information content (AvgIpc) is 2.33. The molecule has 0 heterocycles. The van der Waals surface area contributed by atoms with Crippen LogP contribution in [0.25, 0.3) is 0 Å². The van der Waals surface area contributed by atoms with Crippen LogP contribution in [0.5, 0.6) is 5.75 Å². The van der Waals surface area contributed by atoms with Crippen LogP contribution in [0.4, 0.5) is 4.39 Å². The summed E-state index contributed by atoms with van der Waals surface area (Å²) in [4.78, 5) is 0. The Morgan fingerprint density at radius 2 is 2.28 bits per heavy atom. The van der Waals surface area contributed by atoms with Crippen LogP contribution in [-0.2, 0) is 4.74 Å². The van der Waals surface area contributed by atoms with Crippen LogP contribution < -0.4 is 4.74 Å². The molecule has 3 atom stereocenters. The number of para-hydroxylation sites is 1. The number of rotatable bonds is 5. The quantitative estimate of drug-likeness (QED) is 0.897. The molecule has 1 aliphatic rings. The minimum atomic E-state index is -0.549. The van der Waals surface area contributed by atoms with E-state index in [9.17, 15) is 9.50 Å². The smallest absolute Gasteiger partial charge is 0.174 e. The standard InChI is InChI=1S/C13H16ClFO3/c1-2-6-17-13-10(16)7-11(13)18-12-8(14)4-3-5-9(12)15/h3-5,10-11,13,16H,2,6-7H2,1H3. The molecule has 3 unspecified atom stereocenters. The lowest BCUT2D eigenvalue weighted by Gasteiger charge is -2.40. The van der Waals surface area contributed by atoms with Crippen LogP contribution in [0.2, 0.25) is 5.02 Å². The predicted octanol–water partition coefficient (Wildman–Crippen LogP) is 2.79. The van der Waals surface area contributed by atoms with Gasteiger partial charge in [-0.1, -0.05) is 24.6 Å². The highest BCUT2D eigenvalue weighted by molar-refractivity contribution is 6.32. The molecular weight excluding hydrogens is 259 g/mol. The van der Waals surface area contributed by atoms with Crippen LogP contribution in [0.15, 0.2) is 18.2 Å². The van der Waals surface area contributed by atoms with Crippen molar-refractivity contribution in [1.29, 1.82) is 0 Å². The van der Waals surface area contributed by atoms with Gasteiger partial charge in [0, 0.05) is 13.0 Å². The molecule has 0 aromatic heterocycles. The first-order chi connectivity index (χ1) is 8.63. The second-order valence-corrected chi connectivity index (χ2v) is 4.75. The van der Waals surface area contributed by atoms with Gasteiger partial charge < -0.3 is 14.6 Å². The van der Waals surface area contributed by atoms with E-state index in [0.717, 1.165) is 6.42 Å². The third kappa shape index (κ3) is 2.76. The molecule has 0 saturated heterocycles. The van der Waals surface area contributed by atoms with Crippen molar-refractivity contribution in [2.45, 2.75) is 38.1 Å². The fourth-order valence-corrected chi connectivity index (χ4v) is 2.10. The second-order valence-electron chi connectivity index (χ2n) is 4.35. The predicted molar refractivity (Wildman–Crippen MR) is 66.5 cm³/mol. The Kier molecular flexibility index (Phi) is 4.43. The molecule has 0 spiro atoms. The van der Waals surface area contributed by atoms with Crippen molar-refractivity contribution >= 4 is 11.6 Å². The molecule has 1 saturated carbocycles. The third-order valence-corrected chi connectivity index (χ3v) is 3.22. The lowest BCUT2D eigenvalue weighted by molar-refractivity contribution is -0.163. The normalized spacial score (nSPS) is 26.8. The van der Waals surface area contributed by atoms with Crippen LogP contribution in [-0.4, -0.2) is 30.0 Å². The molecule has 0 aliphatic heterocycles. The van der Waals surface area contributed by atoms with E-state index in [1.165, 1.54) is 12.1 Å². The summed E-state index contributed by atoms with van der Waals surface area (Å²) < 4.78 is 24.5. The Morgan fingerprint density at radius 1 is 1.50 bits per heavy atom. The summed E-state index contributed by atoms with van der Waals surface area (Å²) in [6, 6.07) is 4.38. The Hall–Kier alpha value is -0.840. The van der Waals surface area contributed by atoms with Gasteiger partial charge in [0.25, 0.3) is 0 Å². The lowest BCUT2D eigenvalue weighted by Crippen LogP contribution is -2.55. The van der Waals surface area contributed by atoms with E-state index < -0.39 is 18.0 Å². The topological polar surface area (TPSA) is 38.7 Å². The maximum absolute atomic E-state index is 13.5. The van der Waals surface area contributed by atoms with Gasteiger partial charge in [-0.2, -0.15) is 0 Å². The Morgan fingerprint density at radius 3 is 2.89 bits per heavy atom. The van der Waals surface area contributed by atoms with Crippen molar-refractivity contribution in [3.8, 4) is 5.75 Å². The van der Waals surface area contributed by atoms with E-state index >= 15 is 0 Å². The first-order valence-electron chi connectivity index (χ1n) is 6.03. The lowest BCUT2D eigenvalue weighted by atomic mass is 9.88. The molecule has 1 fully saturated rings. The molecule has 1 aliphatic carbocycles. The largest absolute Gasteiger partial charge is 0.483 e. The first kappa shape index (κ1) is 13.6. The van der Waals surface area contributed by atoms with Crippen molar-refractivity contribution in [1.82, 2.24) is 0 Å². The van der Waals surface area contributed by atoms with E-state index in [0.29, 0.717) is 13.0 Å². The van der Waals surface area contributed by atoms with Gasteiger partial charge in [0.15, 0.2) is 11.6 Å². The molecular formula is C13H16ClFO3. The average molecular weight is 275 g/mol. The Balaban J connectivity index is 2.01. The molecule has 2 rings (SSSR count). The van der Waals surface area contributed by atoms with Crippen molar-refractivity contribution < 1.29 is 19.0 Å². The molecule has 100 valence electrons. The third-order valence-electron chi connectivity index (χ3n) is 2.92. The maximum Gasteiger partial charge on any atom is 0.174 e. The Labute approximate surface area is 110 Å². The van der Waals surface area contributed by atoms with Crippen LogP contribution in [0.1, 0.15) is 19.8 Å². The van der Waals surface area contributed by atoms with E-state index in [1.807, 2.05) is 6.92 Å². The number of hydrogen-bond donors (Lipinski definition) is 1. The van der Waals surface area contributed by atoms with E-state index in [-0.39, 0.29) is 16.9 Å². The van der Waals surface area contributed by atoms with Crippen molar-refractivity contribution in [2.75, 3.05) is 6.61 Å². The zero-order valence-electron chi connectivity index (χ0n) is 10.1. The minimum Gasteiger partial charge on any atom is -0.483 e. The summed E-state index contributed by atoms with van der Waals surface area (Å²) in [6.45, 7) is 2.53. The van der Waals surface area contributed by atoms with E-state index in [1.54, 1.807) is 6.07 Å². The fraction of sp³-hybridized carbons (Fsp3) is 0.538. The highest BCUT2D eigenvalue weighted by atomic mass is 35.5. The number of halogens is 2. The van der Waals surface area contributed by atoms with Crippen LogP contribution in [0, 0.1) is 5.82 Å². The van der Waals surface area contributed by atoms with Gasteiger partial charge in [-0.3, -0.25) is 0 Å². The molecule has 0 amide bonds. The summed E-state index contributed by atoms with van der Waals surface area (Å²) in [5, 5.41) is 9.82. The van der Waals surface area contributed by atoms with Crippen molar-refractivity contribution in [2.24, 2.45) is 0 Å². The molecule has 0 bridgehead atoms. The zero-order valence-corrected chi connectivity index (χ0v) is 10.9. The maximum atomic E-state index is 13.5. The minimum absolute atomic E-state index is 0.0289. The number of aliphatic hydroxyl groups excluding tert-OH is 1. The molecule has 0 radical (unpaired) electrons. The number of ether oxygens (including phenoxy) is 2. The van der Waals surface area contributed by atoms with Crippen molar-refractivity contribution in [3.63, 3.8) is 0 Å². The molecule has 18 heavy (non-hydrogen) atoms. The van der Waals surface area contributed by atoms with Gasteiger partial charge >= 0.3 is 0 Å². The monoisotopic (exact) mass is 274 g/mol. The summed E-state index contributed by atoms with van der Waals surface area (Å²) in [5.41, 5.74) is 0. The van der Waals surface area contributed by atoms with Gasteiger partial charge in [-0.25, -0.2) is 4.39 Å². The van der Waals surface area contributed by atoms with Crippen molar-refractivity contribution in [3.05, 3.63) is 29.0 Å². The summed E-state index contributed by atoms with van der Waals surface area (Å²) in [7, 11) is 0. The number of aliphatic hydroxyl groups is 1. The molecule has 1 aromatic rings. The molecule has 1 N–H and O–H groups in total. The second kappa shape index (κ2) is 5.87. The van der Waals surface area contributed by atoms with Crippen LogP contribution >= 0.6 is 11.6 Å². The number of benzene rings is 1. The highest BCUT2D eigenvalue weighted by Gasteiger charge is 2.43. The molecule has 5 heteroatoms. The summed E-state index contributed by atoms with van der Waals surface area (Å²) >= 11 is 5.87. The van der Waals surface area contributed by atoms with Gasteiger partial charge in [0.2, 0.25) is 0 Å². The van der Waals surface area contributed by atoms with Crippen LogP contribution in [0.3, 0.4) is 0 Å². The van der Waals surface area contributed by atoms with Gasteiger partial charge in [-0.15, -0.1) is 0 Å². The SMILES string of the molecule is CCCOC1C(O)CC1Oc1c(F)cccc1Cl. The first-order valence-corrected chi connectivity index (χ1v) is 6.41. The summed E-state index contributed by atoms with van der Waals surface area (Å²) in [6.07, 6.45) is -0.0104. The van der Waals surface area contributed by atoms with E-state index in [2.05, 4.69) is 0 Å². The highest BCUT2D eigenvalue weighted by Crippen LogP contribution is 2.34. The summed E-state index contributed by atoms with van der Waals surface area (Å²) in [5.74, 6) is -0.473. The molecule has 3 nitrogen and oxygen atoms in total. The molecule has 1 aromatic carbocycles. The zero-order chi connectivity index (χ0) is 13.1. The van der Waals surface area contributed by atoms with E-state index in [4.69, 9.17) is 21.1 Å². The number of hydrogen-bond acceptors (Lipinski definition) is 3.